The van der Waals surface area contributed by atoms with Crippen molar-refractivity contribution in [2.45, 2.75) is 11.3 Å². The van der Waals surface area contributed by atoms with Crippen molar-refractivity contribution < 1.29 is 8.42 Å². The maximum absolute atomic E-state index is 12.9. The molecule has 0 atom stereocenters. The Bertz CT molecular complexity index is 920. The van der Waals surface area contributed by atoms with Gasteiger partial charge in [0.25, 0.3) is 10.0 Å². The Labute approximate surface area is 142 Å². The van der Waals surface area contributed by atoms with Gasteiger partial charge in [-0.25, -0.2) is 12.4 Å². The molecule has 114 valence electrons. The summed E-state index contributed by atoms with van der Waals surface area (Å²) in [7, 11) is -3.62. The number of alkyl halides is 1. The van der Waals surface area contributed by atoms with Crippen LogP contribution >= 0.6 is 27.5 Å². The molecule has 0 bridgehead atoms. The summed E-state index contributed by atoms with van der Waals surface area (Å²) < 4.78 is 28.0. The monoisotopic (exact) mass is 397 g/mol. The standard InChI is InChI=1S/C16H13BrClNO2S/c17-13-6-7-16-15(10-13)12(8-9-18)11-19(16)22(20,21)14-4-2-1-3-5-14/h1-7,10-11H,8-9H2. The third-order valence-corrected chi connectivity index (χ3v) is 5.85. The van der Waals surface area contributed by atoms with Crippen molar-refractivity contribution in [2.75, 3.05) is 5.88 Å². The van der Waals surface area contributed by atoms with Crippen molar-refractivity contribution in [3.63, 3.8) is 0 Å². The molecule has 0 unspecified atom stereocenters. The Kier molecular flexibility index (Phi) is 4.30. The van der Waals surface area contributed by atoms with Crippen molar-refractivity contribution in [2.24, 2.45) is 0 Å². The van der Waals surface area contributed by atoms with E-state index in [-0.39, 0.29) is 4.90 Å². The summed E-state index contributed by atoms with van der Waals surface area (Å²) >= 11 is 9.28. The summed E-state index contributed by atoms with van der Waals surface area (Å²) in [5, 5.41) is 0.898. The fourth-order valence-corrected chi connectivity index (χ4v) is 4.42. The highest BCUT2D eigenvalue weighted by Crippen LogP contribution is 2.29. The van der Waals surface area contributed by atoms with Crippen molar-refractivity contribution in [3.8, 4) is 0 Å². The summed E-state index contributed by atoms with van der Waals surface area (Å²) in [5.41, 5.74) is 1.58. The van der Waals surface area contributed by atoms with Crippen LogP contribution in [0.15, 0.2) is 64.1 Å². The quantitative estimate of drug-likeness (QED) is 0.610. The minimum absolute atomic E-state index is 0.271. The third-order valence-electron chi connectivity index (χ3n) is 3.48. The molecule has 3 aromatic rings. The van der Waals surface area contributed by atoms with Crippen molar-refractivity contribution >= 4 is 48.5 Å². The van der Waals surface area contributed by atoms with Gasteiger partial charge in [-0.15, -0.1) is 11.6 Å². The van der Waals surface area contributed by atoms with Gasteiger partial charge in [0, 0.05) is 21.9 Å². The normalized spacial score (nSPS) is 11.9. The molecule has 1 aromatic heterocycles. The number of hydrogen-bond donors (Lipinski definition) is 0. The molecule has 2 aromatic carbocycles. The molecule has 0 aliphatic heterocycles. The van der Waals surface area contributed by atoms with Crippen LogP contribution in [0.4, 0.5) is 0 Å². The summed E-state index contributed by atoms with van der Waals surface area (Å²) in [5.74, 6) is 0.441. The smallest absolute Gasteiger partial charge is 0.241 e. The number of fused-ring (bicyclic) bond motifs is 1. The first-order chi connectivity index (χ1) is 10.5. The number of hydrogen-bond acceptors (Lipinski definition) is 2. The Morgan fingerprint density at radius 3 is 2.50 bits per heavy atom. The average Bonchev–Trinajstić information content (AvgIpc) is 2.87. The molecule has 0 spiro atoms. The van der Waals surface area contributed by atoms with Crippen LogP contribution in [-0.4, -0.2) is 18.3 Å². The Balaban J connectivity index is 2.28. The molecule has 0 amide bonds. The van der Waals surface area contributed by atoms with Gasteiger partial charge in [0.15, 0.2) is 0 Å². The molecular weight excluding hydrogens is 386 g/mol. The summed E-state index contributed by atoms with van der Waals surface area (Å²) in [6.07, 6.45) is 2.29. The second-order valence-corrected chi connectivity index (χ2v) is 7.98. The van der Waals surface area contributed by atoms with E-state index in [1.54, 1.807) is 42.6 Å². The lowest BCUT2D eigenvalue weighted by molar-refractivity contribution is 0.589. The molecule has 0 aliphatic carbocycles. The first kappa shape index (κ1) is 15.6. The zero-order chi connectivity index (χ0) is 15.7. The van der Waals surface area contributed by atoms with E-state index < -0.39 is 10.0 Å². The molecule has 6 heteroatoms. The lowest BCUT2D eigenvalue weighted by Crippen LogP contribution is -2.11. The van der Waals surface area contributed by atoms with E-state index in [1.165, 1.54) is 3.97 Å². The predicted molar refractivity (Wildman–Crippen MR) is 93.1 cm³/mol. The van der Waals surface area contributed by atoms with Crippen LogP contribution in [-0.2, 0) is 16.4 Å². The minimum atomic E-state index is -3.62. The van der Waals surface area contributed by atoms with Gasteiger partial charge in [-0.3, -0.25) is 0 Å². The molecule has 0 fully saturated rings. The molecule has 0 radical (unpaired) electrons. The molecule has 3 rings (SSSR count). The number of aromatic nitrogens is 1. The van der Waals surface area contributed by atoms with Gasteiger partial charge >= 0.3 is 0 Å². The van der Waals surface area contributed by atoms with Gasteiger partial charge in [0.2, 0.25) is 0 Å². The van der Waals surface area contributed by atoms with Gasteiger partial charge in [-0.05, 0) is 42.3 Å². The Hall–Kier alpha value is -1.30. The van der Waals surface area contributed by atoms with E-state index in [9.17, 15) is 8.42 Å². The highest BCUT2D eigenvalue weighted by molar-refractivity contribution is 9.10. The topological polar surface area (TPSA) is 39.1 Å². The number of nitrogens with zero attached hydrogens (tertiary/aromatic N) is 1. The fourth-order valence-electron chi connectivity index (χ4n) is 2.44. The SMILES string of the molecule is O=S(=O)(c1ccccc1)n1cc(CCCl)c2cc(Br)ccc21. The van der Waals surface area contributed by atoms with E-state index in [1.807, 2.05) is 12.1 Å². The highest BCUT2D eigenvalue weighted by atomic mass is 79.9. The number of aryl methyl sites for hydroxylation is 1. The summed E-state index contributed by atoms with van der Waals surface area (Å²) in [6.45, 7) is 0. The van der Waals surface area contributed by atoms with Gasteiger partial charge < -0.3 is 0 Å². The van der Waals surface area contributed by atoms with E-state index >= 15 is 0 Å². The molecule has 3 nitrogen and oxygen atoms in total. The largest absolute Gasteiger partial charge is 0.268 e. The number of benzene rings is 2. The minimum Gasteiger partial charge on any atom is -0.241 e. The van der Waals surface area contributed by atoms with Crippen LogP contribution < -0.4 is 0 Å². The van der Waals surface area contributed by atoms with E-state index in [4.69, 9.17) is 11.6 Å². The van der Waals surface area contributed by atoms with Gasteiger partial charge in [0.05, 0.1) is 10.4 Å². The summed E-state index contributed by atoms with van der Waals surface area (Å²) in [6, 6.07) is 14.0. The summed E-state index contributed by atoms with van der Waals surface area (Å²) in [4.78, 5) is 0.271. The number of halogens is 2. The fraction of sp³-hybridized carbons (Fsp3) is 0.125. The maximum atomic E-state index is 12.9. The second-order valence-electron chi connectivity index (χ2n) is 4.87. The van der Waals surface area contributed by atoms with Crippen LogP contribution in [0.3, 0.4) is 0 Å². The van der Waals surface area contributed by atoms with Crippen molar-refractivity contribution in [1.82, 2.24) is 3.97 Å². The zero-order valence-electron chi connectivity index (χ0n) is 11.5. The number of rotatable bonds is 4. The van der Waals surface area contributed by atoms with Gasteiger partial charge in [0.1, 0.15) is 0 Å². The van der Waals surface area contributed by atoms with E-state index in [0.717, 1.165) is 15.4 Å². The molecule has 0 aliphatic rings. The van der Waals surface area contributed by atoms with Crippen LogP contribution in [0.2, 0.25) is 0 Å². The van der Waals surface area contributed by atoms with Gasteiger partial charge in [-0.1, -0.05) is 34.1 Å². The molecule has 22 heavy (non-hydrogen) atoms. The van der Waals surface area contributed by atoms with Gasteiger partial charge in [-0.2, -0.15) is 0 Å². The molecule has 1 heterocycles. The Morgan fingerprint density at radius 2 is 1.82 bits per heavy atom. The van der Waals surface area contributed by atoms with E-state index in [2.05, 4.69) is 15.9 Å². The molecule has 0 saturated heterocycles. The second kappa shape index (κ2) is 6.07. The van der Waals surface area contributed by atoms with Crippen LogP contribution in [0.5, 0.6) is 0 Å². The zero-order valence-corrected chi connectivity index (χ0v) is 14.7. The van der Waals surface area contributed by atoms with Crippen LogP contribution in [0, 0.1) is 0 Å². The Morgan fingerprint density at radius 1 is 1.09 bits per heavy atom. The average molecular weight is 399 g/mol. The predicted octanol–water partition coefficient (Wildman–Crippen LogP) is 4.42. The lowest BCUT2D eigenvalue weighted by Gasteiger charge is -2.07. The third kappa shape index (κ3) is 2.69. The first-order valence-corrected chi connectivity index (χ1v) is 9.47. The van der Waals surface area contributed by atoms with Crippen LogP contribution in [0.1, 0.15) is 5.56 Å². The molecule has 0 N–H and O–H groups in total. The highest BCUT2D eigenvalue weighted by Gasteiger charge is 2.20. The first-order valence-electron chi connectivity index (χ1n) is 6.70. The van der Waals surface area contributed by atoms with Crippen molar-refractivity contribution in [1.29, 1.82) is 0 Å². The maximum Gasteiger partial charge on any atom is 0.268 e. The molecule has 0 saturated carbocycles. The molecular formula is C16H13BrClNO2S. The van der Waals surface area contributed by atoms with E-state index in [0.29, 0.717) is 17.8 Å². The lowest BCUT2D eigenvalue weighted by atomic mass is 10.1. The van der Waals surface area contributed by atoms with Crippen LogP contribution in [0.25, 0.3) is 10.9 Å². The van der Waals surface area contributed by atoms with Crippen molar-refractivity contribution in [3.05, 3.63) is 64.8 Å².